The van der Waals surface area contributed by atoms with Gasteiger partial charge >= 0.3 is 0 Å². The van der Waals surface area contributed by atoms with Crippen molar-refractivity contribution in [1.29, 1.82) is 0 Å². The van der Waals surface area contributed by atoms with Gasteiger partial charge in [-0.3, -0.25) is 0 Å². The van der Waals surface area contributed by atoms with E-state index in [1.807, 2.05) is 0 Å². The summed E-state index contributed by atoms with van der Waals surface area (Å²) >= 11 is 0. The average molecular weight is 357 g/mol. The van der Waals surface area contributed by atoms with Crippen LogP contribution < -0.4 is 0 Å². The van der Waals surface area contributed by atoms with Crippen molar-refractivity contribution < 1.29 is 0 Å². The van der Waals surface area contributed by atoms with E-state index in [0.29, 0.717) is 0 Å². The molecule has 6 aromatic rings. The van der Waals surface area contributed by atoms with Crippen molar-refractivity contribution in [1.82, 2.24) is 4.40 Å². The van der Waals surface area contributed by atoms with Gasteiger partial charge < -0.3 is 4.40 Å². The van der Waals surface area contributed by atoms with E-state index in [1.165, 1.54) is 60.2 Å². The number of hydrogen-bond acceptors (Lipinski definition) is 0. The predicted octanol–water partition coefficient (Wildman–Crippen LogP) is 7.14. The number of fused-ring (bicyclic) bond motifs is 9. The van der Waals surface area contributed by atoms with Crippen LogP contribution in [0.25, 0.3) is 49.1 Å². The Kier molecular flexibility index (Phi) is 2.39. The lowest BCUT2D eigenvalue weighted by molar-refractivity contribution is 0.666. The maximum absolute atomic E-state index is 2.46. The Bertz CT molecular complexity index is 1580. The standard InChI is InChI=1S/C27H19N/c1-27(2)22-10-6-5-9-18(22)20-15-21-24-17-8-4-3-7-16(17)11-12-23(24)28-14-13-19(25(20)27)26(21)28/h3-15H,1-2H3. The highest BCUT2D eigenvalue weighted by Crippen LogP contribution is 2.53. The quantitative estimate of drug-likeness (QED) is 0.272. The van der Waals surface area contributed by atoms with Gasteiger partial charge in [-0.1, -0.05) is 68.4 Å². The zero-order chi connectivity index (χ0) is 18.6. The largest absolute Gasteiger partial charge is 0.315 e. The summed E-state index contributed by atoms with van der Waals surface area (Å²) in [6.07, 6.45) is 2.26. The van der Waals surface area contributed by atoms with Crippen LogP contribution in [-0.4, -0.2) is 4.40 Å². The Labute approximate surface area is 163 Å². The Morgan fingerprint density at radius 2 is 1.54 bits per heavy atom. The Hall–Kier alpha value is -3.32. The second-order valence-electron chi connectivity index (χ2n) is 8.65. The molecule has 0 N–H and O–H groups in total. The SMILES string of the molecule is CC1(C)c2ccccc2-c2cc3c4c5ccccc5ccc4n4ccc(c21)c34. The molecule has 0 unspecified atom stereocenters. The minimum absolute atomic E-state index is 0.0213. The van der Waals surface area contributed by atoms with Gasteiger partial charge in [0, 0.05) is 27.8 Å². The third-order valence-electron chi connectivity index (χ3n) is 6.92. The molecule has 0 spiro atoms. The summed E-state index contributed by atoms with van der Waals surface area (Å²) in [6.45, 7) is 4.74. The normalized spacial score (nSPS) is 15.1. The second-order valence-corrected chi connectivity index (χ2v) is 8.65. The molecule has 28 heavy (non-hydrogen) atoms. The molecule has 0 saturated heterocycles. The molecule has 0 atom stereocenters. The van der Waals surface area contributed by atoms with E-state index in [9.17, 15) is 0 Å². The molecule has 1 aliphatic carbocycles. The first-order valence-corrected chi connectivity index (χ1v) is 9.97. The molecule has 1 aliphatic rings. The smallest absolute Gasteiger partial charge is 0.0611 e. The molecule has 0 aliphatic heterocycles. The monoisotopic (exact) mass is 357 g/mol. The topological polar surface area (TPSA) is 4.41 Å². The summed E-state index contributed by atoms with van der Waals surface area (Å²) in [6, 6.07) is 27.0. The number of hydrogen-bond donors (Lipinski definition) is 0. The highest BCUT2D eigenvalue weighted by molar-refractivity contribution is 6.25. The van der Waals surface area contributed by atoms with E-state index in [-0.39, 0.29) is 5.41 Å². The zero-order valence-corrected chi connectivity index (χ0v) is 16.0. The summed E-state index contributed by atoms with van der Waals surface area (Å²) in [5, 5.41) is 6.80. The molecule has 1 nitrogen and oxygen atoms in total. The van der Waals surface area contributed by atoms with Gasteiger partial charge in [0.2, 0.25) is 0 Å². The van der Waals surface area contributed by atoms with E-state index >= 15 is 0 Å². The second kappa shape index (κ2) is 4.56. The molecule has 0 amide bonds. The summed E-state index contributed by atoms with van der Waals surface area (Å²) in [7, 11) is 0. The van der Waals surface area contributed by atoms with Crippen molar-refractivity contribution >= 4 is 38.0 Å². The molecular weight excluding hydrogens is 338 g/mol. The Morgan fingerprint density at radius 3 is 2.46 bits per heavy atom. The minimum atomic E-state index is 0.0213. The van der Waals surface area contributed by atoms with Crippen LogP contribution in [-0.2, 0) is 5.41 Å². The maximum Gasteiger partial charge on any atom is 0.0611 e. The van der Waals surface area contributed by atoms with Crippen molar-refractivity contribution in [3.05, 3.63) is 90.1 Å². The first kappa shape index (κ1) is 14.7. The lowest BCUT2D eigenvalue weighted by Gasteiger charge is -2.22. The highest BCUT2D eigenvalue weighted by atomic mass is 14.9. The van der Waals surface area contributed by atoms with Crippen LogP contribution in [0, 0.1) is 0 Å². The van der Waals surface area contributed by atoms with Gasteiger partial charge in [0.05, 0.1) is 11.0 Å². The lowest BCUT2D eigenvalue weighted by Crippen LogP contribution is -2.15. The van der Waals surface area contributed by atoms with Gasteiger partial charge in [-0.2, -0.15) is 0 Å². The van der Waals surface area contributed by atoms with Gasteiger partial charge in [0.15, 0.2) is 0 Å². The van der Waals surface area contributed by atoms with Gasteiger partial charge in [-0.15, -0.1) is 0 Å². The molecule has 132 valence electrons. The molecule has 0 radical (unpaired) electrons. The first-order valence-electron chi connectivity index (χ1n) is 9.97. The molecule has 4 aromatic carbocycles. The van der Waals surface area contributed by atoms with Crippen LogP contribution in [0.2, 0.25) is 0 Å². The summed E-state index contributed by atoms with van der Waals surface area (Å²) in [5.74, 6) is 0. The lowest BCUT2D eigenvalue weighted by atomic mass is 9.81. The van der Waals surface area contributed by atoms with Crippen molar-refractivity contribution in [3.8, 4) is 11.1 Å². The van der Waals surface area contributed by atoms with Crippen LogP contribution in [0.1, 0.15) is 25.0 Å². The van der Waals surface area contributed by atoms with Crippen molar-refractivity contribution in [2.75, 3.05) is 0 Å². The van der Waals surface area contributed by atoms with Gasteiger partial charge in [0.1, 0.15) is 0 Å². The van der Waals surface area contributed by atoms with Gasteiger partial charge in [-0.25, -0.2) is 0 Å². The van der Waals surface area contributed by atoms with E-state index in [2.05, 4.69) is 97.2 Å². The van der Waals surface area contributed by atoms with E-state index < -0.39 is 0 Å². The molecule has 0 bridgehead atoms. The molecule has 1 heteroatoms. The van der Waals surface area contributed by atoms with Crippen LogP contribution in [0.15, 0.2) is 79.0 Å². The number of nitrogens with zero attached hydrogens (tertiary/aromatic N) is 1. The average Bonchev–Trinajstić information content (AvgIpc) is 3.35. The van der Waals surface area contributed by atoms with E-state index in [1.54, 1.807) is 0 Å². The van der Waals surface area contributed by atoms with Gasteiger partial charge in [-0.05, 0) is 51.2 Å². The third kappa shape index (κ3) is 1.49. The molecule has 2 heterocycles. The molecule has 2 aromatic heterocycles. The molecule has 0 saturated carbocycles. The zero-order valence-electron chi connectivity index (χ0n) is 16.0. The van der Waals surface area contributed by atoms with Crippen LogP contribution >= 0.6 is 0 Å². The summed E-state index contributed by atoms with van der Waals surface area (Å²) in [5.41, 5.74) is 8.40. The Balaban J connectivity index is 1.78. The summed E-state index contributed by atoms with van der Waals surface area (Å²) < 4.78 is 2.39. The van der Waals surface area contributed by atoms with Crippen molar-refractivity contribution in [3.63, 3.8) is 0 Å². The van der Waals surface area contributed by atoms with E-state index in [0.717, 1.165) is 0 Å². The third-order valence-corrected chi connectivity index (χ3v) is 6.92. The Morgan fingerprint density at radius 1 is 0.714 bits per heavy atom. The number of aromatic nitrogens is 1. The summed E-state index contributed by atoms with van der Waals surface area (Å²) in [4.78, 5) is 0. The minimum Gasteiger partial charge on any atom is -0.315 e. The predicted molar refractivity (Wildman–Crippen MR) is 119 cm³/mol. The fourth-order valence-corrected chi connectivity index (χ4v) is 5.76. The molecule has 0 fully saturated rings. The fraction of sp³-hybridized carbons (Fsp3) is 0.111. The van der Waals surface area contributed by atoms with Crippen LogP contribution in [0.4, 0.5) is 0 Å². The van der Waals surface area contributed by atoms with Crippen molar-refractivity contribution in [2.24, 2.45) is 0 Å². The van der Waals surface area contributed by atoms with Crippen LogP contribution in [0.3, 0.4) is 0 Å². The molecule has 7 rings (SSSR count). The maximum atomic E-state index is 2.46. The molecular formula is C27H19N. The van der Waals surface area contributed by atoms with Crippen LogP contribution in [0.5, 0.6) is 0 Å². The number of benzene rings is 4. The number of rotatable bonds is 0. The first-order chi connectivity index (χ1) is 13.7. The van der Waals surface area contributed by atoms with E-state index in [4.69, 9.17) is 0 Å². The fourth-order valence-electron chi connectivity index (χ4n) is 5.76. The van der Waals surface area contributed by atoms with Gasteiger partial charge in [0.25, 0.3) is 0 Å². The van der Waals surface area contributed by atoms with Crippen molar-refractivity contribution in [2.45, 2.75) is 19.3 Å². The highest BCUT2D eigenvalue weighted by Gasteiger charge is 2.38.